The lowest BCUT2D eigenvalue weighted by atomic mass is 9.81. The molecule has 0 aromatic heterocycles. The first-order valence-electron chi connectivity index (χ1n) is 13.8. The van der Waals surface area contributed by atoms with Crippen molar-refractivity contribution < 1.29 is 23.8 Å². The van der Waals surface area contributed by atoms with Crippen LogP contribution >= 0.6 is 11.6 Å². The summed E-state index contributed by atoms with van der Waals surface area (Å²) in [5.74, 6) is 1.15. The zero-order valence-electron chi connectivity index (χ0n) is 22.2. The van der Waals surface area contributed by atoms with Crippen molar-refractivity contribution >= 4 is 29.2 Å². The van der Waals surface area contributed by atoms with Crippen LogP contribution in [-0.2, 0) is 14.3 Å². The number of ether oxygens (including phenoxy) is 3. The summed E-state index contributed by atoms with van der Waals surface area (Å²) >= 11 is 6.30. The predicted molar refractivity (Wildman–Crippen MR) is 144 cm³/mol. The summed E-state index contributed by atoms with van der Waals surface area (Å²) in [5, 5.41) is 3.37. The van der Waals surface area contributed by atoms with Gasteiger partial charge in [-0.15, -0.1) is 0 Å². The number of carbonyl (C=O) groups is 2. The minimum absolute atomic E-state index is 0.0349. The van der Waals surface area contributed by atoms with Crippen molar-refractivity contribution in [3.05, 3.63) is 22.7 Å². The van der Waals surface area contributed by atoms with E-state index >= 15 is 0 Å². The number of nitrogens with zero attached hydrogens (tertiary/aromatic N) is 1. The number of carbonyl (C=O) groups excluding carboxylic acids is 2. The van der Waals surface area contributed by atoms with Crippen molar-refractivity contribution in [1.29, 1.82) is 0 Å². The lowest BCUT2D eigenvalue weighted by molar-refractivity contribution is -0.158. The highest BCUT2D eigenvalue weighted by Crippen LogP contribution is 2.33. The van der Waals surface area contributed by atoms with E-state index in [2.05, 4.69) is 10.2 Å². The number of hydrogen-bond donors (Lipinski definition) is 2. The van der Waals surface area contributed by atoms with Gasteiger partial charge in [0, 0.05) is 31.8 Å². The van der Waals surface area contributed by atoms with E-state index in [-0.39, 0.29) is 35.1 Å². The third-order valence-electron chi connectivity index (χ3n) is 8.42. The van der Waals surface area contributed by atoms with Gasteiger partial charge in [0.2, 0.25) is 0 Å². The molecule has 0 spiro atoms. The normalized spacial score (nSPS) is 29.1. The molecule has 37 heavy (non-hydrogen) atoms. The van der Waals surface area contributed by atoms with Crippen molar-refractivity contribution in [3.8, 4) is 5.75 Å². The Morgan fingerprint density at radius 1 is 1.08 bits per heavy atom. The Bertz CT molecular complexity index is 937. The molecule has 4 fully saturated rings. The molecule has 3 saturated heterocycles. The van der Waals surface area contributed by atoms with Crippen molar-refractivity contribution in [2.24, 2.45) is 11.8 Å². The number of hydrogen-bond acceptors (Lipinski definition) is 7. The van der Waals surface area contributed by atoms with E-state index in [4.69, 9.17) is 31.5 Å². The molecule has 8 nitrogen and oxygen atoms in total. The van der Waals surface area contributed by atoms with E-state index in [1.54, 1.807) is 19.2 Å². The fourth-order valence-corrected chi connectivity index (χ4v) is 6.58. The molecule has 1 aromatic carbocycles. The summed E-state index contributed by atoms with van der Waals surface area (Å²) in [6.07, 6.45) is 9.75. The number of esters is 1. The van der Waals surface area contributed by atoms with Crippen LogP contribution in [0.3, 0.4) is 0 Å². The van der Waals surface area contributed by atoms with Crippen LogP contribution in [0.2, 0.25) is 5.02 Å². The third kappa shape index (κ3) is 7.30. The predicted octanol–water partition coefficient (Wildman–Crippen LogP) is 4.43. The molecule has 3 aliphatic heterocycles. The first kappa shape index (κ1) is 28.0. The molecule has 0 radical (unpaired) electrons. The summed E-state index contributed by atoms with van der Waals surface area (Å²) in [6.45, 7) is 3.23. The van der Waals surface area contributed by atoms with Gasteiger partial charge in [-0.3, -0.25) is 14.5 Å². The smallest absolute Gasteiger partial charge is 0.306 e. The van der Waals surface area contributed by atoms with Gasteiger partial charge in [0.05, 0.1) is 24.3 Å². The minimum Gasteiger partial charge on any atom is -0.496 e. The summed E-state index contributed by atoms with van der Waals surface area (Å²) in [4.78, 5) is 27.8. The average Bonchev–Trinajstić information content (AvgIpc) is 2.89. The summed E-state index contributed by atoms with van der Waals surface area (Å²) in [5.41, 5.74) is 6.57. The molecule has 4 aliphatic rings. The Hall–Kier alpha value is -2.03. The second-order valence-corrected chi connectivity index (χ2v) is 11.3. The van der Waals surface area contributed by atoms with Crippen LogP contribution < -0.4 is 15.8 Å². The van der Waals surface area contributed by atoms with Crippen molar-refractivity contribution in [2.45, 2.75) is 82.5 Å². The number of piperidine rings is 3. The SMILES string of the molecule is COc1cc(N)cc(Cl)c1C(=O)N[C@@H]1CCC(CCCCCC(=O)OC2CN3CCC2CC3)C[C@@H]1OC. The van der Waals surface area contributed by atoms with E-state index in [0.717, 1.165) is 77.4 Å². The molecule has 2 bridgehead atoms. The van der Waals surface area contributed by atoms with Gasteiger partial charge in [0.1, 0.15) is 17.4 Å². The number of methoxy groups -OCH3 is 2. The molecule has 9 heteroatoms. The van der Waals surface area contributed by atoms with Crippen molar-refractivity contribution in [3.63, 3.8) is 0 Å². The second-order valence-electron chi connectivity index (χ2n) is 10.9. The van der Waals surface area contributed by atoms with Gasteiger partial charge >= 0.3 is 5.97 Å². The number of rotatable bonds is 11. The van der Waals surface area contributed by atoms with Gasteiger partial charge in [-0.2, -0.15) is 0 Å². The fourth-order valence-electron chi connectivity index (χ4n) is 6.27. The van der Waals surface area contributed by atoms with Crippen LogP contribution in [0.5, 0.6) is 5.75 Å². The van der Waals surface area contributed by atoms with E-state index in [9.17, 15) is 9.59 Å². The highest BCUT2D eigenvalue weighted by Gasteiger charge is 2.36. The lowest BCUT2D eigenvalue weighted by Crippen LogP contribution is -2.51. The number of halogens is 1. The Morgan fingerprint density at radius 2 is 1.86 bits per heavy atom. The van der Waals surface area contributed by atoms with Crippen molar-refractivity contribution in [1.82, 2.24) is 10.2 Å². The zero-order valence-corrected chi connectivity index (χ0v) is 22.9. The molecule has 1 amide bonds. The maximum Gasteiger partial charge on any atom is 0.306 e. The summed E-state index contributed by atoms with van der Waals surface area (Å²) in [6, 6.07) is 3.07. The minimum atomic E-state index is -0.280. The number of anilines is 1. The van der Waals surface area contributed by atoms with Crippen LogP contribution in [0.1, 0.15) is 74.6 Å². The van der Waals surface area contributed by atoms with Gasteiger partial charge in [-0.05, 0) is 69.5 Å². The lowest BCUT2D eigenvalue weighted by Gasteiger charge is -2.43. The van der Waals surface area contributed by atoms with Crippen LogP contribution in [0.15, 0.2) is 12.1 Å². The van der Waals surface area contributed by atoms with Gasteiger partial charge < -0.3 is 25.3 Å². The fraction of sp³-hybridized carbons (Fsp3) is 0.714. The van der Waals surface area contributed by atoms with Crippen LogP contribution in [0.25, 0.3) is 0 Å². The molecule has 5 rings (SSSR count). The van der Waals surface area contributed by atoms with Crippen molar-refractivity contribution in [2.75, 3.05) is 39.6 Å². The van der Waals surface area contributed by atoms with Crippen LogP contribution in [-0.4, -0.2) is 68.9 Å². The maximum atomic E-state index is 13.0. The number of fused-ring (bicyclic) bond motifs is 3. The monoisotopic (exact) mass is 535 g/mol. The molecule has 1 aliphatic carbocycles. The number of nitrogen functional groups attached to an aromatic ring is 1. The molecular weight excluding hydrogens is 494 g/mol. The highest BCUT2D eigenvalue weighted by molar-refractivity contribution is 6.34. The average molecular weight is 536 g/mol. The molecule has 1 saturated carbocycles. The Labute approximate surface area is 225 Å². The van der Waals surface area contributed by atoms with Gasteiger partial charge in [0.25, 0.3) is 5.91 Å². The Kier molecular flexibility index (Phi) is 9.96. The standard InChI is InChI=1S/C28H42ClN3O5/c1-35-23-14-18(6-4-3-5-7-26(33)37-25-17-32-12-10-19(25)11-13-32)8-9-22(23)31-28(34)27-21(29)15-20(30)16-24(27)36-2/h15-16,18-19,22-23,25H,3-14,17,30H2,1-2H3,(H,31,34)/t18?,22-,23+,25?/m1/s1. The highest BCUT2D eigenvalue weighted by atomic mass is 35.5. The van der Waals surface area contributed by atoms with E-state index in [1.807, 2.05) is 0 Å². The quantitative estimate of drug-likeness (QED) is 0.245. The molecule has 3 heterocycles. The number of nitrogens with one attached hydrogen (secondary N) is 1. The second kappa shape index (κ2) is 13.2. The molecule has 2 unspecified atom stereocenters. The number of nitrogens with two attached hydrogens (primary N) is 1. The van der Waals surface area contributed by atoms with Crippen LogP contribution in [0, 0.1) is 11.8 Å². The largest absolute Gasteiger partial charge is 0.496 e. The Morgan fingerprint density at radius 3 is 2.54 bits per heavy atom. The molecule has 3 N–H and O–H groups in total. The topological polar surface area (TPSA) is 103 Å². The van der Waals surface area contributed by atoms with E-state index < -0.39 is 0 Å². The first-order chi connectivity index (χ1) is 17.9. The molecule has 206 valence electrons. The molecule has 4 atom stereocenters. The zero-order chi connectivity index (χ0) is 26.4. The molecular formula is C28H42ClN3O5. The Balaban J connectivity index is 1.15. The van der Waals surface area contributed by atoms with Gasteiger partial charge in [0.15, 0.2) is 0 Å². The van der Waals surface area contributed by atoms with E-state index in [0.29, 0.717) is 35.3 Å². The first-order valence-corrected chi connectivity index (χ1v) is 14.1. The molecule has 1 aromatic rings. The van der Waals surface area contributed by atoms with Gasteiger partial charge in [-0.1, -0.05) is 30.9 Å². The van der Waals surface area contributed by atoms with Gasteiger partial charge in [-0.25, -0.2) is 0 Å². The number of benzene rings is 1. The third-order valence-corrected chi connectivity index (χ3v) is 8.71. The summed E-state index contributed by atoms with van der Waals surface area (Å²) in [7, 11) is 3.19. The van der Waals surface area contributed by atoms with Crippen LogP contribution in [0.4, 0.5) is 5.69 Å². The number of unbranched alkanes of at least 4 members (excludes halogenated alkanes) is 2. The maximum absolute atomic E-state index is 13.0. The number of amides is 1. The van der Waals surface area contributed by atoms with E-state index in [1.165, 1.54) is 7.11 Å². The summed E-state index contributed by atoms with van der Waals surface area (Å²) < 4.78 is 16.9.